The van der Waals surface area contributed by atoms with Gasteiger partial charge < -0.3 is 9.84 Å². The van der Waals surface area contributed by atoms with E-state index < -0.39 is 11.9 Å². The number of fused-ring (bicyclic) bond motifs is 1. The molecule has 4 heterocycles. The number of hydrogen-bond donors (Lipinski definition) is 1. The molecule has 152 valence electrons. The maximum atomic E-state index is 13.2. The van der Waals surface area contributed by atoms with E-state index in [1.165, 1.54) is 12.3 Å². The molecule has 0 saturated heterocycles. The predicted octanol–water partition coefficient (Wildman–Crippen LogP) is 3.04. The van der Waals surface area contributed by atoms with Gasteiger partial charge >= 0.3 is 0 Å². The Labute approximate surface area is 171 Å². The van der Waals surface area contributed by atoms with Crippen LogP contribution >= 0.6 is 0 Å². The molecule has 0 fully saturated rings. The quantitative estimate of drug-likeness (QED) is 0.528. The molecule has 0 unspecified atom stereocenters. The SMILES string of the molecule is Cc1c(-c2cc(O[C@H](C)c3ccc(F)cn3)c3c(C#N)cnn3c2)cnn1CCO. The molecule has 4 aromatic rings. The monoisotopic (exact) mass is 406 g/mol. The smallest absolute Gasteiger partial charge is 0.148 e. The van der Waals surface area contributed by atoms with E-state index in [0.29, 0.717) is 29.1 Å². The van der Waals surface area contributed by atoms with E-state index in [0.717, 1.165) is 23.0 Å². The molecular formula is C21H19FN6O2. The summed E-state index contributed by atoms with van der Waals surface area (Å²) < 4.78 is 22.7. The second-order valence-corrected chi connectivity index (χ2v) is 6.81. The molecule has 0 aliphatic carbocycles. The van der Waals surface area contributed by atoms with Gasteiger partial charge in [0, 0.05) is 23.0 Å². The van der Waals surface area contributed by atoms with Gasteiger partial charge in [0.05, 0.1) is 37.4 Å². The summed E-state index contributed by atoms with van der Waals surface area (Å²) in [7, 11) is 0. The van der Waals surface area contributed by atoms with Gasteiger partial charge in [-0.3, -0.25) is 9.67 Å². The standard InChI is InChI=1S/C21H19FN6O2/c1-13-18(11-26-27(13)5-6-29)15-7-20(21-16(8-23)9-25-28(21)12-15)30-14(2)19-4-3-17(22)10-24-19/h3-4,7,9-12,14,29H,5-6H2,1-2H3/t14-/m1/s1. The van der Waals surface area contributed by atoms with Crippen molar-refractivity contribution in [3.63, 3.8) is 0 Å². The molecule has 9 heteroatoms. The summed E-state index contributed by atoms with van der Waals surface area (Å²) in [5.74, 6) is 0.0303. The number of pyridine rings is 2. The van der Waals surface area contributed by atoms with Gasteiger partial charge in [0.25, 0.3) is 0 Å². The van der Waals surface area contributed by atoms with Crippen LogP contribution in [0.15, 0.2) is 43.0 Å². The minimum atomic E-state index is -0.482. The highest BCUT2D eigenvalue weighted by atomic mass is 19.1. The molecule has 8 nitrogen and oxygen atoms in total. The lowest BCUT2D eigenvalue weighted by atomic mass is 10.1. The van der Waals surface area contributed by atoms with Crippen LogP contribution in [0.4, 0.5) is 4.39 Å². The lowest BCUT2D eigenvalue weighted by Gasteiger charge is -2.16. The molecular weight excluding hydrogens is 387 g/mol. The molecule has 4 aromatic heterocycles. The van der Waals surface area contributed by atoms with E-state index in [9.17, 15) is 14.8 Å². The maximum Gasteiger partial charge on any atom is 0.148 e. The summed E-state index contributed by atoms with van der Waals surface area (Å²) in [6.07, 6.45) is 5.66. The van der Waals surface area contributed by atoms with Crippen LogP contribution in [0, 0.1) is 24.1 Å². The molecule has 0 saturated carbocycles. The number of rotatable bonds is 6. The number of aliphatic hydroxyl groups excluding tert-OH is 1. The average Bonchev–Trinajstić information content (AvgIpc) is 3.32. The molecule has 1 N–H and O–H groups in total. The van der Waals surface area contributed by atoms with Crippen molar-refractivity contribution in [2.45, 2.75) is 26.5 Å². The van der Waals surface area contributed by atoms with Crippen molar-refractivity contribution in [2.75, 3.05) is 6.61 Å². The molecule has 0 amide bonds. The number of nitriles is 1. The Morgan fingerprint density at radius 2 is 2.10 bits per heavy atom. The molecule has 0 spiro atoms. The maximum absolute atomic E-state index is 13.2. The van der Waals surface area contributed by atoms with Crippen molar-refractivity contribution in [2.24, 2.45) is 0 Å². The topological polar surface area (TPSA) is 101 Å². The molecule has 30 heavy (non-hydrogen) atoms. The lowest BCUT2D eigenvalue weighted by Crippen LogP contribution is -2.07. The molecule has 1 atom stereocenters. The van der Waals surface area contributed by atoms with E-state index >= 15 is 0 Å². The van der Waals surface area contributed by atoms with Crippen LogP contribution in [0.2, 0.25) is 0 Å². The first-order valence-electron chi connectivity index (χ1n) is 9.35. The minimum absolute atomic E-state index is 0.0117. The Hall–Kier alpha value is -3.77. The molecule has 0 radical (unpaired) electrons. The van der Waals surface area contributed by atoms with Gasteiger partial charge in [-0.25, -0.2) is 8.91 Å². The van der Waals surface area contributed by atoms with Gasteiger partial charge in [-0.15, -0.1) is 0 Å². The molecule has 0 aromatic carbocycles. The van der Waals surface area contributed by atoms with Crippen molar-refractivity contribution in [1.29, 1.82) is 5.26 Å². The second kappa shape index (κ2) is 7.93. The Morgan fingerprint density at radius 3 is 2.80 bits per heavy atom. The zero-order valence-corrected chi connectivity index (χ0v) is 16.4. The number of aliphatic hydroxyl groups is 1. The Bertz CT molecular complexity index is 1240. The van der Waals surface area contributed by atoms with Gasteiger partial charge in [-0.2, -0.15) is 15.5 Å². The fourth-order valence-electron chi connectivity index (χ4n) is 3.33. The average molecular weight is 406 g/mol. The van der Waals surface area contributed by atoms with Crippen LogP contribution in [-0.4, -0.2) is 36.1 Å². The first-order valence-corrected chi connectivity index (χ1v) is 9.35. The van der Waals surface area contributed by atoms with Crippen molar-refractivity contribution in [1.82, 2.24) is 24.4 Å². The Kier molecular flexibility index (Phi) is 5.16. The summed E-state index contributed by atoms with van der Waals surface area (Å²) in [5.41, 5.74) is 4.02. The summed E-state index contributed by atoms with van der Waals surface area (Å²) in [4.78, 5) is 4.08. The molecule has 0 bridgehead atoms. The lowest BCUT2D eigenvalue weighted by molar-refractivity contribution is 0.223. The third kappa shape index (κ3) is 3.49. The van der Waals surface area contributed by atoms with Crippen LogP contribution in [0.1, 0.15) is 30.0 Å². The van der Waals surface area contributed by atoms with E-state index in [-0.39, 0.29) is 6.61 Å². The highest BCUT2D eigenvalue weighted by Crippen LogP contribution is 2.33. The molecule has 4 rings (SSSR count). The number of halogens is 1. The highest BCUT2D eigenvalue weighted by molar-refractivity contribution is 5.76. The van der Waals surface area contributed by atoms with Crippen LogP contribution < -0.4 is 4.74 Å². The summed E-state index contributed by atoms with van der Waals surface area (Å²) in [5, 5.41) is 27.3. The Balaban J connectivity index is 1.80. The van der Waals surface area contributed by atoms with Crippen LogP contribution in [-0.2, 0) is 6.54 Å². The van der Waals surface area contributed by atoms with Crippen molar-refractivity contribution in [3.8, 4) is 22.9 Å². The fourth-order valence-corrected chi connectivity index (χ4v) is 3.33. The zero-order chi connectivity index (χ0) is 21.3. The number of aromatic nitrogens is 5. The number of nitrogens with zero attached hydrogens (tertiary/aromatic N) is 6. The van der Waals surface area contributed by atoms with Crippen molar-refractivity contribution < 1.29 is 14.2 Å². The molecule has 0 aliphatic rings. The van der Waals surface area contributed by atoms with Crippen LogP contribution in [0.25, 0.3) is 16.6 Å². The van der Waals surface area contributed by atoms with E-state index in [1.807, 2.05) is 13.0 Å². The highest BCUT2D eigenvalue weighted by Gasteiger charge is 2.18. The summed E-state index contributed by atoms with van der Waals surface area (Å²) in [6.45, 7) is 4.10. The zero-order valence-electron chi connectivity index (χ0n) is 16.4. The number of ether oxygens (including phenoxy) is 1. The van der Waals surface area contributed by atoms with E-state index in [1.54, 1.807) is 34.6 Å². The minimum Gasteiger partial charge on any atom is -0.482 e. The normalized spacial score (nSPS) is 12.1. The first-order chi connectivity index (χ1) is 14.5. The second-order valence-electron chi connectivity index (χ2n) is 6.81. The first kappa shape index (κ1) is 19.5. The van der Waals surface area contributed by atoms with Gasteiger partial charge in [-0.1, -0.05) is 0 Å². The van der Waals surface area contributed by atoms with Gasteiger partial charge in [0.1, 0.15) is 34.8 Å². The van der Waals surface area contributed by atoms with E-state index in [2.05, 4.69) is 21.3 Å². The van der Waals surface area contributed by atoms with Gasteiger partial charge in [-0.05, 0) is 32.0 Å². The fraction of sp³-hybridized carbons (Fsp3) is 0.238. The Morgan fingerprint density at radius 1 is 1.27 bits per heavy atom. The number of hydrogen-bond acceptors (Lipinski definition) is 6. The van der Waals surface area contributed by atoms with E-state index in [4.69, 9.17) is 4.74 Å². The van der Waals surface area contributed by atoms with Crippen molar-refractivity contribution >= 4 is 5.52 Å². The third-order valence-corrected chi connectivity index (χ3v) is 4.89. The largest absolute Gasteiger partial charge is 0.482 e. The van der Waals surface area contributed by atoms with Crippen LogP contribution in [0.3, 0.4) is 0 Å². The van der Waals surface area contributed by atoms with Gasteiger partial charge in [0.15, 0.2) is 0 Å². The van der Waals surface area contributed by atoms with Crippen LogP contribution in [0.5, 0.6) is 5.75 Å². The third-order valence-electron chi connectivity index (χ3n) is 4.89. The molecule has 0 aliphatic heterocycles. The summed E-state index contributed by atoms with van der Waals surface area (Å²) in [6, 6.07) is 6.84. The van der Waals surface area contributed by atoms with Crippen molar-refractivity contribution in [3.05, 3.63) is 65.8 Å². The van der Waals surface area contributed by atoms with Gasteiger partial charge in [0.2, 0.25) is 0 Å². The summed E-state index contributed by atoms with van der Waals surface area (Å²) >= 11 is 0. The predicted molar refractivity (Wildman–Crippen MR) is 106 cm³/mol.